The zero-order valence-corrected chi connectivity index (χ0v) is 14.4. The molecule has 4 heteroatoms. The highest BCUT2D eigenvalue weighted by molar-refractivity contribution is 5.96. The summed E-state index contributed by atoms with van der Waals surface area (Å²) in [5.41, 5.74) is 4.33. The van der Waals surface area contributed by atoms with Gasteiger partial charge in [0, 0.05) is 18.4 Å². The van der Waals surface area contributed by atoms with Gasteiger partial charge in [-0.15, -0.1) is 0 Å². The van der Waals surface area contributed by atoms with Gasteiger partial charge in [-0.05, 0) is 17.5 Å². The van der Waals surface area contributed by atoms with E-state index in [4.69, 9.17) is 4.74 Å². The van der Waals surface area contributed by atoms with Crippen molar-refractivity contribution in [2.24, 2.45) is 0 Å². The summed E-state index contributed by atoms with van der Waals surface area (Å²) in [6, 6.07) is 16.2. The number of ether oxygens (including phenoxy) is 1. The highest BCUT2D eigenvalue weighted by Crippen LogP contribution is 2.45. The molecule has 0 saturated carbocycles. The summed E-state index contributed by atoms with van der Waals surface area (Å²) in [5, 5.41) is 10.4. The fourth-order valence-corrected chi connectivity index (χ4v) is 4.03. The standard InChI is InChI=1S/C21H23NO3/c1-2-20(24)22-17-12-19(25-13-18(17)23)16-10-6-9-15(21(16)22)11-14-7-4-3-5-8-14/h3-10,17-19,23H,2,11-13H2,1H3/t17-,18-,19-/m1/s1. The first-order chi connectivity index (χ1) is 12.2. The van der Waals surface area contributed by atoms with Gasteiger partial charge in [-0.3, -0.25) is 4.79 Å². The molecule has 4 nitrogen and oxygen atoms in total. The van der Waals surface area contributed by atoms with Crippen LogP contribution in [0, 0.1) is 0 Å². The average molecular weight is 337 g/mol. The lowest BCUT2D eigenvalue weighted by Crippen LogP contribution is -2.55. The van der Waals surface area contributed by atoms with Crippen LogP contribution in [0.1, 0.15) is 42.6 Å². The summed E-state index contributed by atoms with van der Waals surface area (Å²) in [7, 11) is 0. The van der Waals surface area contributed by atoms with Crippen LogP contribution in [-0.2, 0) is 16.0 Å². The molecule has 3 atom stereocenters. The minimum absolute atomic E-state index is 0.0416. The molecule has 0 spiro atoms. The van der Waals surface area contributed by atoms with Crippen LogP contribution in [0.15, 0.2) is 48.5 Å². The van der Waals surface area contributed by atoms with Crippen LogP contribution in [-0.4, -0.2) is 29.8 Å². The molecule has 1 fully saturated rings. The zero-order valence-electron chi connectivity index (χ0n) is 14.4. The Morgan fingerprint density at radius 2 is 2.00 bits per heavy atom. The van der Waals surface area contributed by atoms with Crippen molar-refractivity contribution in [2.45, 2.75) is 44.4 Å². The van der Waals surface area contributed by atoms with E-state index in [1.54, 1.807) is 0 Å². The van der Waals surface area contributed by atoms with Gasteiger partial charge in [0.05, 0.1) is 30.5 Å². The molecule has 2 aliphatic heterocycles. The average Bonchev–Trinajstić information content (AvgIpc) is 2.65. The van der Waals surface area contributed by atoms with Crippen LogP contribution >= 0.6 is 0 Å². The van der Waals surface area contributed by atoms with E-state index in [2.05, 4.69) is 24.3 Å². The number of para-hydroxylation sites is 1. The van der Waals surface area contributed by atoms with Gasteiger partial charge < -0.3 is 14.7 Å². The lowest BCUT2D eigenvalue weighted by Gasteiger charge is -2.47. The minimum Gasteiger partial charge on any atom is -0.389 e. The molecule has 0 unspecified atom stereocenters. The molecule has 0 aliphatic carbocycles. The monoisotopic (exact) mass is 337 g/mol. The summed E-state index contributed by atoms with van der Waals surface area (Å²) in [4.78, 5) is 14.6. The Labute approximate surface area is 148 Å². The Balaban J connectivity index is 1.83. The van der Waals surface area contributed by atoms with Gasteiger partial charge in [-0.2, -0.15) is 0 Å². The van der Waals surface area contributed by atoms with E-state index >= 15 is 0 Å². The normalized spacial score (nSPS) is 24.7. The second-order valence-corrected chi connectivity index (χ2v) is 6.83. The number of hydrogen-bond acceptors (Lipinski definition) is 3. The van der Waals surface area contributed by atoms with Crippen molar-refractivity contribution >= 4 is 11.6 Å². The molecule has 1 saturated heterocycles. The number of rotatable bonds is 3. The fourth-order valence-electron chi connectivity index (χ4n) is 4.03. The van der Waals surface area contributed by atoms with Crippen molar-refractivity contribution in [3.05, 3.63) is 65.2 Å². The minimum atomic E-state index is -0.635. The lowest BCUT2D eigenvalue weighted by molar-refractivity contribution is -0.123. The third kappa shape index (κ3) is 2.86. The number of carbonyl (C=O) groups excluding carboxylic acids is 1. The van der Waals surface area contributed by atoms with Gasteiger partial charge in [0.1, 0.15) is 0 Å². The number of benzene rings is 2. The Morgan fingerprint density at radius 1 is 1.20 bits per heavy atom. The van der Waals surface area contributed by atoms with Gasteiger partial charge in [-0.25, -0.2) is 0 Å². The number of anilines is 1. The quantitative estimate of drug-likeness (QED) is 0.935. The molecule has 2 aliphatic rings. The molecular formula is C21H23NO3. The molecule has 4 rings (SSSR count). The van der Waals surface area contributed by atoms with Crippen molar-refractivity contribution in [3.8, 4) is 0 Å². The third-order valence-corrected chi connectivity index (χ3v) is 5.25. The molecule has 0 radical (unpaired) electrons. The van der Waals surface area contributed by atoms with Crippen LogP contribution < -0.4 is 4.90 Å². The van der Waals surface area contributed by atoms with E-state index in [1.807, 2.05) is 36.1 Å². The molecular weight excluding hydrogens is 314 g/mol. The summed E-state index contributed by atoms with van der Waals surface area (Å²) in [5.74, 6) is 0.0613. The summed E-state index contributed by atoms with van der Waals surface area (Å²) in [6.07, 6.45) is 1.17. The smallest absolute Gasteiger partial charge is 0.227 e. The van der Waals surface area contributed by atoms with Crippen LogP contribution in [0.3, 0.4) is 0 Å². The first-order valence-electron chi connectivity index (χ1n) is 8.96. The van der Waals surface area contributed by atoms with E-state index in [9.17, 15) is 9.90 Å². The second-order valence-electron chi connectivity index (χ2n) is 6.83. The maximum atomic E-state index is 12.8. The van der Waals surface area contributed by atoms with Crippen molar-refractivity contribution in [1.29, 1.82) is 0 Å². The number of nitrogens with zero attached hydrogens (tertiary/aromatic N) is 1. The van der Waals surface area contributed by atoms with Gasteiger partial charge in [0.25, 0.3) is 0 Å². The number of carbonyl (C=O) groups is 1. The zero-order chi connectivity index (χ0) is 17.4. The lowest BCUT2D eigenvalue weighted by atomic mass is 9.85. The van der Waals surface area contributed by atoms with Gasteiger partial charge in [0.2, 0.25) is 5.91 Å². The van der Waals surface area contributed by atoms with Crippen LogP contribution in [0.2, 0.25) is 0 Å². The highest BCUT2D eigenvalue weighted by Gasteiger charge is 2.43. The van der Waals surface area contributed by atoms with E-state index in [-0.39, 0.29) is 24.7 Å². The van der Waals surface area contributed by atoms with Gasteiger partial charge >= 0.3 is 0 Å². The second kappa shape index (κ2) is 6.62. The first-order valence-corrected chi connectivity index (χ1v) is 8.96. The number of hydrogen-bond donors (Lipinski definition) is 1. The molecule has 1 amide bonds. The topological polar surface area (TPSA) is 49.8 Å². The molecule has 2 bridgehead atoms. The Hall–Kier alpha value is -2.17. The fraction of sp³-hybridized carbons (Fsp3) is 0.381. The van der Waals surface area contributed by atoms with E-state index in [0.717, 1.165) is 23.2 Å². The Kier molecular flexibility index (Phi) is 4.32. The predicted octanol–water partition coefficient (Wildman–Crippen LogP) is 3.22. The van der Waals surface area contributed by atoms with Crippen molar-refractivity contribution < 1.29 is 14.6 Å². The number of fused-ring (bicyclic) bond motifs is 4. The molecule has 130 valence electrons. The molecule has 0 aromatic heterocycles. The van der Waals surface area contributed by atoms with Crippen LogP contribution in [0.25, 0.3) is 0 Å². The predicted molar refractivity (Wildman–Crippen MR) is 96.6 cm³/mol. The molecule has 2 aromatic rings. The summed E-state index contributed by atoms with van der Waals surface area (Å²) < 4.78 is 5.87. The van der Waals surface area contributed by atoms with Gasteiger partial charge in [0.15, 0.2) is 0 Å². The first kappa shape index (κ1) is 16.3. The van der Waals surface area contributed by atoms with Crippen LogP contribution in [0.5, 0.6) is 0 Å². The van der Waals surface area contributed by atoms with Crippen molar-refractivity contribution in [2.75, 3.05) is 11.5 Å². The third-order valence-electron chi connectivity index (χ3n) is 5.25. The van der Waals surface area contributed by atoms with Gasteiger partial charge in [-0.1, -0.05) is 55.5 Å². The summed E-state index contributed by atoms with van der Waals surface area (Å²) >= 11 is 0. The summed E-state index contributed by atoms with van der Waals surface area (Å²) in [6.45, 7) is 2.16. The van der Waals surface area contributed by atoms with E-state index in [0.29, 0.717) is 12.8 Å². The SMILES string of the molecule is CCC(=O)N1c2c(Cc3ccccc3)cccc2[C@H]2C[C@@H]1[C@H](O)CO2. The van der Waals surface area contributed by atoms with Crippen LogP contribution in [0.4, 0.5) is 5.69 Å². The molecule has 25 heavy (non-hydrogen) atoms. The number of aliphatic hydroxyl groups is 1. The number of aliphatic hydroxyl groups excluding tert-OH is 1. The maximum Gasteiger partial charge on any atom is 0.227 e. The highest BCUT2D eigenvalue weighted by atomic mass is 16.5. The largest absolute Gasteiger partial charge is 0.389 e. The Morgan fingerprint density at radius 3 is 2.76 bits per heavy atom. The van der Waals surface area contributed by atoms with E-state index < -0.39 is 6.10 Å². The molecule has 1 N–H and O–H groups in total. The molecule has 2 aromatic carbocycles. The van der Waals surface area contributed by atoms with Crippen molar-refractivity contribution in [1.82, 2.24) is 0 Å². The van der Waals surface area contributed by atoms with Crippen molar-refractivity contribution in [3.63, 3.8) is 0 Å². The Bertz CT molecular complexity index is 774. The maximum absolute atomic E-state index is 12.8. The molecule has 2 heterocycles. The number of amides is 1. The van der Waals surface area contributed by atoms with E-state index in [1.165, 1.54) is 5.56 Å².